The van der Waals surface area contributed by atoms with Gasteiger partial charge in [-0.1, -0.05) is 18.2 Å². The third-order valence-corrected chi connectivity index (χ3v) is 6.70. The number of phenols is 3. The van der Waals surface area contributed by atoms with Gasteiger partial charge in [0, 0.05) is 22.8 Å². The predicted molar refractivity (Wildman–Crippen MR) is 138 cm³/mol. The molecule has 3 heterocycles. The predicted octanol–water partition coefficient (Wildman–Crippen LogP) is 4.68. The molecule has 0 bridgehead atoms. The number of aromatic hydroxyl groups is 4. The fourth-order valence-corrected chi connectivity index (χ4v) is 4.85. The number of hydrogen-bond donors (Lipinski definition) is 5. The number of carboxylic acids is 1. The van der Waals surface area contributed by atoms with Gasteiger partial charge in [-0.25, -0.2) is 4.79 Å². The fraction of sp³-hybridized carbons (Fsp3) is 0.0690. The molecule has 0 radical (unpaired) electrons. The van der Waals surface area contributed by atoms with E-state index in [0.29, 0.717) is 5.56 Å². The summed E-state index contributed by atoms with van der Waals surface area (Å²) in [7, 11) is 0. The lowest BCUT2D eigenvalue weighted by Crippen LogP contribution is -2.21. The number of hydrogen-bond acceptors (Lipinski definition) is 10. The van der Waals surface area contributed by atoms with Crippen LogP contribution in [-0.4, -0.2) is 37.5 Å². The summed E-state index contributed by atoms with van der Waals surface area (Å²) in [5.74, 6) is -5.18. The number of benzene rings is 3. The van der Waals surface area contributed by atoms with Crippen LogP contribution in [0.5, 0.6) is 28.7 Å². The minimum atomic E-state index is -1.16. The van der Waals surface area contributed by atoms with Crippen molar-refractivity contribution in [2.24, 2.45) is 0 Å². The molecule has 0 saturated carbocycles. The average molecular weight is 542 g/mol. The Kier molecular flexibility index (Phi) is 5.51. The van der Waals surface area contributed by atoms with Gasteiger partial charge >= 0.3 is 11.9 Å². The number of aromatic carboxylic acids is 1. The SMILES string of the molecule is O=C1C[C@@H](c2ccc(-c3ccccc3C(=O)O)o2)c2c(cc(O)c3c(=O)c(O)c(-c4ccc(O)c(O)c4)oc23)O1. The van der Waals surface area contributed by atoms with E-state index in [9.17, 15) is 39.9 Å². The number of esters is 1. The Hall–Kier alpha value is -5.71. The van der Waals surface area contributed by atoms with Crippen molar-refractivity contribution in [1.29, 1.82) is 0 Å². The molecule has 1 aliphatic heterocycles. The van der Waals surface area contributed by atoms with Crippen LogP contribution in [0.2, 0.25) is 0 Å². The van der Waals surface area contributed by atoms with Crippen LogP contribution >= 0.6 is 0 Å². The van der Waals surface area contributed by atoms with Crippen LogP contribution in [0, 0.1) is 0 Å². The van der Waals surface area contributed by atoms with E-state index in [1.807, 2.05) is 0 Å². The zero-order chi connectivity index (χ0) is 28.3. The van der Waals surface area contributed by atoms with Crippen LogP contribution < -0.4 is 10.2 Å². The number of carbonyl (C=O) groups is 2. The highest BCUT2D eigenvalue weighted by molar-refractivity contribution is 5.96. The lowest BCUT2D eigenvalue weighted by molar-refractivity contribution is -0.135. The summed E-state index contributed by atoms with van der Waals surface area (Å²) in [6.45, 7) is 0. The highest BCUT2D eigenvalue weighted by atomic mass is 16.5. The monoisotopic (exact) mass is 542 g/mol. The Morgan fingerprint density at radius 3 is 2.38 bits per heavy atom. The minimum Gasteiger partial charge on any atom is -0.507 e. The molecular weight excluding hydrogens is 524 g/mol. The van der Waals surface area contributed by atoms with Gasteiger partial charge in [-0.15, -0.1) is 0 Å². The Bertz CT molecular complexity index is 1930. The number of rotatable bonds is 4. The van der Waals surface area contributed by atoms with Gasteiger partial charge in [-0.3, -0.25) is 9.59 Å². The largest absolute Gasteiger partial charge is 0.507 e. The molecule has 1 atom stereocenters. The van der Waals surface area contributed by atoms with Gasteiger partial charge in [-0.2, -0.15) is 0 Å². The zero-order valence-corrected chi connectivity index (χ0v) is 20.2. The molecular formula is C29H18O11. The normalized spacial score (nSPS) is 14.6. The third-order valence-electron chi connectivity index (χ3n) is 6.70. The van der Waals surface area contributed by atoms with Crippen molar-refractivity contribution in [3.8, 4) is 51.4 Å². The molecule has 40 heavy (non-hydrogen) atoms. The number of fused-ring (bicyclic) bond motifs is 3. The Morgan fingerprint density at radius 1 is 0.850 bits per heavy atom. The van der Waals surface area contributed by atoms with Gasteiger partial charge in [0.05, 0.1) is 17.9 Å². The van der Waals surface area contributed by atoms with E-state index in [2.05, 4.69) is 0 Å². The summed E-state index contributed by atoms with van der Waals surface area (Å²) in [5.41, 5.74) is -0.677. The minimum absolute atomic E-state index is 0.00508. The van der Waals surface area contributed by atoms with Crippen LogP contribution in [0.1, 0.15) is 34.0 Å². The van der Waals surface area contributed by atoms with Crippen molar-refractivity contribution in [3.05, 3.63) is 87.8 Å². The first-order valence-electron chi connectivity index (χ1n) is 11.8. The Balaban J connectivity index is 1.59. The molecule has 5 N–H and O–H groups in total. The van der Waals surface area contributed by atoms with Crippen LogP contribution in [-0.2, 0) is 4.79 Å². The molecule has 3 aromatic carbocycles. The second kappa shape index (κ2) is 8.95. The van der Waals surface area contributed by atoms with E-state index in [-0.39, 0.29) is 57.1 Å². The molecule has 200 valence electrons. The number of carboxylic acid groups (broad SMARTS) is 1. The number of furan rings is 1. The van der Waals surface area contributed by atoms with E-state index < -0.39 is 46.3 Å². The molecule has 2 aromatic heterocycles. The van der Waals surface area contributed by atoms with Crippen molar-refractivity contribution in [2.75, 3.05) is 0 Å². The first-order valence-corrected chi connectivity index (χ1v) is 11.8. The maximum Gasteiger partial charge on any atom is 0.336 e. The van der Waals surface area contributed by atoms with Crippen molar-refractivity contribution in [1.82, 2.24) is 0 Å². The molecule has 1 aliphatic rings. The van der Waals surface area contributed by atoms with Crippen molar-refractivity contribution in [3.63, 3.8) is 0 Å². The van der Waals surface area contributed by atoms with Gasteiger partial charge in [0.1, 0.15) is 34.0 Å². The highest BCUT2D eigenvalue weighted by Crippen LogP contribution is 2.48. The molecule has 11 heteroatoms. The smallest absolute Gasteiger partial charge is 0.336 e. The standard InChI is InChI=1S/C29H18O11/c30-16-6-5-12(9-17(16)31)27-26(35)25(34)24-18(32)11-21-23(28(24)40-27)15(10-22(33)39-21)20-8-7-19(38-20)13-3-1-2-4-14(13)29(36)37/h1-9,11,15,30-32,35H,10H2,(H,36,37)/t15-/m0/s1. The van der Waals surface area contributed by atoms with Crippen molar-refractivity contribution in [2.45, 2.75) is 12.3 Å². The van der Waals surface area contributed by atoms with E-state index in [0.717, 1.165) is 18.2 Å². The highest BCUT2D eigenvalue weighted by Gasteiger charge is 2.36. The van der Waals surface area contributed by atoms with Gasteiger partial charge in [-0.05, 0) is 36.4 Å². The molecule has 5 aromatic rings. The Labute approximate surface area is 223 Å². The molecule has 6 rings (SSSR count). The topological polar surface area (TPSA) is 188 Å². The maximum atomic E-state index is 13.2. The lowest BCUT2D eigenvalue weighted by Gasteiger charge is -2.24. The van der Waals surface area contributed by atoms with E-state index in [4.69, 9.17) is 13.6 Å². The zero-order valence-electron chi connectivity index (χ0n) is 20.2. The summed E-state index contributed by atoms with van der Waals surface area (Å²) in [6.07, 6.45) is -0.250. The van der Waals surface area contributed by atoms with E-state index in [1.54, 1.807) is 30.3 Å². The summed E-state index contributed by atoms with van der Waals surface area (Å²) >= 11 is 0. The van der Waals surface area contributed by atoms with Crippen molar-refractivity contribution < 1.29 is 48.7 Å². The molecule has 11 nitrogen and oxygen atoms in total. The summed E-state index contributed by atoms with van der Waals surface area (Å²) < 4.78 is 17.3. The van der Waals surface area contributed by atoms with Crippen LogP contribution in [0.3, 0.4) is 0 Å². The van der Waals surface area contributed by atoms with Crippen LogP contribution in [0.15, 0.2) is 74.3 Å². The van der Waals surface area contributed by atoms with Gasteiger partial charge < -0.3 is 39.1 Å². The quantitative estimate of drug-likeness (QED) is 0.120. The van der Waals surface area contributed by atoms with Crippen LogP contribution in [0.25, 0.3) is 33.6 Å². The molecule has 0 amide bonds. The van der Waals surface area contributed by atoms with Crippen LogP contribution in [0.4, 0.5) is 0 Å². The molecule has 0 saturated heterocycles. The third kappa shape index (κ3) is 3.79. The molecule has 0 spiro atoms. The summed E-state index contributed by atoms with van der Waals surface area (Å²) in [6, 6.07) is 13.9. The second-order valence-corrected chi connectivity index (χ2v) is 9.11. The lowest BCUT2D eigenvalue weighted by atomic mass is 9.88. The summed E-state index contributed by atoms with van der Waals surface area (Å²) in [4.78, 5) is 37.5. The van der Waals surface area contributed by atoms with E-state index in [1.165, 1.54) is 12.1 Å². The fourth-order valence-electron chi connectivity index (χ4n) is 4.85. The number of ether oxygens (including phenoxy) is 1. The first kappa shape index (κ1) is 24.6. The number of carbonyl (C=O) groups excluding carboxylic acids is 1. The average Bonchev–Trinajstić information content (AvgIpc) is 3.41. The maximum absolute atomic E-state index is 13.2. The van der Waals surface area contributed by atoms with Gasteiger partial charge in [0.15, 0.2) is 17.3 Å². The van der Waals surface area contributed by atoms with Crippen molar-refractivity contribution >= 4 is 22.9 Å². The number of phenolic OH excluding ortho intramolecular Hbond substituents is 3. The summed E-state index contributed by atoms with van der Waals surface area (Å²) in [5, 5.41) is 50.1. The molecule has 0 fully saturated rings. The second-order valence-electron chi connectivity index (χ2n) is 9.11. The first-order chi connectivity index (χ1) is 19.1. The van der Waals surface area contributed by atoms with E-state index >= 15 is 0 Å². The molecule has 0 aliphatic carbocycles. The van der Waals surface area contributed by atoms with Gasteiger partial charge in [0.25, 0.3) is 0 Å². The molecule has 0 unspecified atom stereocenters. The Morgan fingerprint density at radius 2 is 1.62 bits per heavy atom. The van der Waals surface area contributed by atoms with Gasteiger partial charge in [0.2, 0.25) is 11.2 Å².